The molecule has 0 aliphatic carbocycles. The summed E-state index contributed by atoms with van der Waals surface area (Å²) in [5.41, 5.74) is 2.19. The molecule has 10 heavy (non-hydrogen) atoms. The van der Waals surface area contributed by atoms with Gasteiger partial charge in [-0.3, -0.25) is 0 Å². The summed E-state index contributed by atoms with van der Waals surface area (Å²) in [4.78, 5) is 0. The molecule has 0 bridgehead atoms. The fourth-order valence-corrected chi connectivity index (χ4v) is 0.363. The van der Waals surface area contributed by atoms with Gasteiger partial charge >= 0.3 is 32.7 Å². The van der Waals surface area contributed by atoms with E-state index < -0.39 is 0 Å². The molecule has 3 heteroatoms. The minimum absolute atomic E-state index is 0. The number of aromatic nitrogens is 2. The van der Waals surface area contributed by atoms with E-state index in [9.17, 15) is 0 Å². The van der Waals surface area contributed by atoms with Gasteiger partial charge in [0.2, 0.25) is 0 Å². The average molecular weight is 214 g/mol. The maximum absolute atomic E-state index is 3.67. The van der Waals surface area contributed by atoms with Crippen molar-refractivity contribution in [3.05, 3.63) is 32.3 Å². The van der Waals surface area contributed by atoms with Crippen LogP contribution in [0.5, 0.6) is 0 Å². The predicted octanol–water partition coefficient (Wildman–Crippen LogP) is 1.72. The molecule has 1 aromatic rings. The summed E-state index contributed by atoms with van der Waals surface area (Å²) in [7, 11) is 0. The van der Waals surface area contributed by atoms with Crippen LogP contribution >= 0.6 is 0 Å². The largest absolute Gasteiger partial charge is 3.00 e. The van der Waals surface area contributed by atoms with Crippen molar-refractivity contribution in [2.75, 3.05) is 0 Å². The SMILES string of the molecule is Cc1[c-]n[nH]c1C.[CH3-].[CH3-].[Y+3]. The molecule has 0 radical (unpaired) electrons. The van der Waals surface area contributed by atoms with E-state index >= 15 is 0 Å². The molecule has 0 aliphatic rings. The minimum atomic E-state index is 0. The van der Waals surface area contributed by atoms with Crippen LogP contribution in [0.25, 0.3) is 0 Å². The normalized spacial score (nSPS) is 6.60. The van der Waals surface area contributed by atoms with E-state index in [1.807, 2.05) is 13.8 Å². The number of rotatable bonds is 0. The first-order chi connectivity index (χ1) is 3.30. The smallest absolute Gasteiger partial charge is 0.379 e. The predicted molar refractivity (Wildman–Crippen MR) is 39.7 cm³/mol. The molecule has 0 saturated heterocycles. The summed E-state index contributed by atoms with van der Waals surface area (Å²) in [6.45, 7) is 3.94. The van der Waals surface area contributed by atoms with Crippen molar-refractivity contribution in [3.8, 4) is 0 Å². The van der Waals surface area contributed by atoms with E-state index in [0.29, 0.717) is 0 Å². The number of aryl methyl sites for hydroxylation is 2. The van der Waals surface area contributed by atoms with Gasteiger partial charge in [0.1, 0.15) is 0 Å². The molecule has 0 aromatic carbocycles. The Balaban J connectivity index is -0.000000163. The maximum atomic E-state index is 3.67. The Labute approximate surface area is 88.7 Å². The summed E-state index contributed by atoms with van der Waals surface area (Å²) < 4.78 is 0. The van der Waals surface area contributed by atoms with Gasteiger partial charge < -0.3 is 25.1 Å². The summed E-state index contributed by atoms with van der Waals surface area (Å²) in [6.07, 6.45) is 2.76. The molecule has 1 aromatic heterocycles. The van der Waals surface area contributed by atoms with Crippen LogP contribution in [0.3, 0.4) is 0 Å². The first-order valence-corrected chi connectivity index (χ1v) is 2.20. The van der Waals surface area contributed by atoms with Gasteiger partial charge in [0.15, 0.2) is 0 Å². The molecule has 1 rings (SSSR count). The molecule has 0 unspecified atom stereocenters. The summed E-state index contributed by atoms with van der Waals surface area (Å²) >= 11 is 0. The van der Waals surface area contributed by atoms with Crippen molar-refractivity contribution >= 4 is 0 Å². The monoisotopic (exact) mass is 214 g/mol. The van der Waals surface area contributed by atoms with E-state index in [-0.39, 0.29) is 47.6 Å². The number of hydrogen-bond acceptors (Lipinski definition) is 1. The van der Waals surface area contributed by atoms with Crippen molar-refractivity contribution in [3.63, 3.8) is 0 Å². The van der Waals surface area contributed by atoms with Crippen molar-refractivity contribution in [2.24, 2.45) is 0 Å². The van der Waals surface area contributed by atoms with Gasteiger partial charge in [-0.1, -0.05) is 13.8 Å². The first kappa shape index (κ1) is 16.7. The van der Waals surface area contributed by atoms with Crippen molar-refractivity contribution < 1.29 is 32.7 Å². The van der Waals surface area contributed by atoms with Crippen LogP contribution in [0.4, 0.5) is 0 Å². The Morgan fingerprint density at radius 3 is 1.90 bits per heavy atom. The Morgan fingerprint density at radius 1 is 1.30 bits per heavy atom. The molecule has 1 heterocycles. The topological polar surface area (TPSA) is 28.7 Å². The Hall–Kier alpha value is 0.314. The third kappa shape index (κ3) is 4.18. The first-order valence-electron chi connectivity index (χ1n) is 2.20. The maximum Gasteiger partial charge on any atom is 3.00 e. The van der Waals surface area contributed by atoms with Crippen LogP contribution in [0, 0.1) is 34.9 Å². The molecule has 0 spiro atoms. The molecule has 1 N–H and O–H groups in total. The Morgan fingerprint density at radius 2 is 1.80 bits per heavy atom. The number of nitrogens with one attached hydrogen (secondary N) is 1. The molecule has 2 nitrogen and oxygen atoms in total. The number of H-pyrrole nitrogens is 1. The second-order valence-corrected chi connectivity index (χ2v) is 1.59. The zero-order valence-electron chi connectivity index (χ0n) is 7.02. The van der Waals surface area contributed by atoms with Gasteiger partial charge in [0, 0.05) is 0 Å². The fraction of sp³-hybridized carbons (Fsp3) is 0.286. The Kier molecular flexibility index (Phi) is 12.4. The standard InChI is InChI=1S/C5H7N2.2CH3.Y/c1-4-3-6-7-5(4)2;;;/h1-2H3,(H,6,7);2*1H3;/q3*-1;+3. The minimum Gasteiger partial charge on any atom is -0.379 e. The quantitative estimate of drug-likeness (QED) is 0.654. The number of aromatic amines is 1. The van der Waals surface area contributed by atoms with E-state index in [4.69, 9.17) is 0 Å². The van der Waals surface area contributed by atoms with Crippen molar-refractivity contribution in [1.29, 1.82) is 0 Å². The summed E-state index contributed by atoms with van der Waals surface area (Å²) in [6, 6.07) is 0. The molecular formula is C7H13N2Y. The second-order valence-electron chi connectivity index (χ2n) is 1.59. The summed E-state index contributed by atoms with van der Waals surface area (Å²) in [5.74, 6) is 0. The Bertz CT molecular complexity index is 144. The van der Waals surface area contributed by atoms with E-state index in [1.165, 1.54) is 0 Å². The summed E-state index contributed by atoms with van der Waals surface area (Å²) in [5, 5.41) is 6.43. The molecule has 0 fully saturated rings. The van der Waals surface area contributed by atoms with Crippen LogP contribution in [-0.4, -0.2) is 10.2 Å². The van der Waals surface area contributed by atoms with Gasteiger partial charge in [-0.05, 0) is 0 Å². The number of nitrogens with zero attached hydrogens (tertiary/aromatic N) is 1. The van der Waals surface area contributed by atoms with E-state index in [1.54, 1.807) is 0 Å². The van der Waals surface area contributed by atoms with Crippen LogP contribution < -0.4 is 0 Å². The molecule has 0 aliphatic heterocycles. The molecule has 54 valence electrons. The van der Waals surface area contributed by atoms with Crippen molar-refractivity contribution in [1.82, 2.24) is 10.2 Å². The van der Waals surface area contributed by atoms with Crippen molar-refractivity contribution in [2.45, 2.75) is 13.8 Å². The molecule has 0 saturated carbocycles. The van der Waals surface area contributed by atoms with Crippen LogP contribution in [0.15, 0.2) is 0 Å². The van der Waals surface area contributed by atoms with Crippen LogP contribution in [0.1, 0.15) is 11.3 Å². The van der Waals surface area contributed by atoms with Gasteiger partial charge in [-0.2, -0.15) is 5.56 Å². The number of hydrogen-bond donors (Lipinski definition) is 1. The second kappa shape index (κ2) is 7.42. The zero-order chi connectivity index (χ0) is 5.28. The van der Waals surface area contributed by atoms with Gasteiger partial charge in [0.05, 0.1) is 0 Å². The molecule has 0 amide bonds. The van der Waals surface area contributed by atoms with E-state index in [0.717, 1.165) is 11.3 Å². The molecular weight excluding hydrogens is 201 g/mol. The third-order valence-electron chi connectivity index (χ3n) is 1.01. The van der Waals surface area contributed by atoms with Gasteiger partial charge in [-0.15, -0.1) is 11.9 Å². The fourth-order valence-electron chi connectivity index (χ4n) is 0.363. The van der Waals surface area contributed by atoms with Crippen LogP contribution in [-0.2, 0) is 32.7 Å². The van der Waals surface area contributed by atoms with Gasteiger partial charge in [-0.25, -0.2) is 0 Å². The molecule has 0 atom stereocenters. The van der Waals surface area contributed by atoms with Crippen LogP contribution in [0.2, 0.25) is 0 Å². The average Bonchev–Trinajstić information content (AvgIpc) is 1.91. The van der Waals surface area contributed by atoms with E-state index in [2.05, 4.69) is 16.4 Å². The third-order valence-corrected chi connectivity index (χ3v) is 1.01. The zero-order valence-corrected chi connectivity index (χ0v) is 9.86. The van der Waals surface area contributed by atoms with Gasteiger partial charge in [0.25, 0.3) is 0 Å².